The average Bonchev–Trinajstić information content (AvgIpc) is 2.80. The van der Waals surface area contributed by atoms with Crippen LogP contribution in [-0.4, -0.2) is 22.0 Å². The topological polar surface area (TPSA) is 79.3 Å². The van der Waals surface area contributed by atoms with Crippen LogP contribution in [0.2, 0.25) is 0 Å². The fourth-order valence-corrected chi connectivity index (χ4v) is 2.39. The van der Waals surface area contributed by atoms with Crippen LogP contribution in [0, 0.1) is 5.82 Å². The molecule has 2 aromatic rings. The van der Waals surface area contributed by atoms with Gasteiger partial charge in [0.1, 0.15) is 10.7 Å². The molecule has 0 saturated carbocycles. The summed E-state index contributed by atoms with van der Waals surface area (Å²) >= 11 is 0.880. The van der Waals surface area contributed by atoms with Crippen LogP contribution in [0.5, 0.6) is 0 Å². The van der Waals surface area contributed by atoms with Crippen molar-refractivity contribution in [2.75, 3.05) is 5.32 Å². The summed E-state index contributed by atoms with van der Waals surface area (Å²) in [5.41, 5.74) is 0.947. The highest BCUT2D eigenvalue weighted by Crippen LogP contribution is 2.24. The second-order valence-electron chi connectivity index (χ2n) is 4.10. The number of aromatic nitrogens is 1. The third kappa shape index (κ3) is 3.96. The molecule has 21 heavy (non-hydrogen) atoms. The molecule has 5 nitrogen and oxygen atoms in total. The lowest BCUT2D eigenvalue weighted by molar-refractivity contribution is -0.114. The lowest BCUT2D eigenvalue weighted by Crippen LogP contribution is -2.04. The molecule has 108 valence electrons. The molecule has 0 aliphatic rings. The molecule has 0 bridgehead atoms. The molecule has 0 aliphatic heterocycles. The molecule has 0 unspecified atom stereocenters. The van der Waals surface area contributed by atoms with Crippen molar-refractivity contribution in [1.82, 2.24) is 4.98 Å². The van der Waals surface area contributed by atoms with E-state index in [1.54, 1.807) is 18.2 Å². The predicted octanol–water partition coefficient (Wildman–Crippen LogP) is 3.11. The summed E-state index contributed by atoms with van der Waals surface area (Å²) in [6.07, 6.45) is 3.14. The number of nitrogens with one attached hydrogen (secondary N) is 1. The molecule has 0 fully saturated rings. The summed E-state index contributed by atoms with van der Waals surface area (Å²) in [6.45, 7) is 1.32. The molecular formula is C14H11FN2O3S. The maximum Gasteiger partial charge on any atom is 0.348 e. The molecule has 2 rings (SSSR count). The Hall–Kier alpha value is -2.54. The number of nitrogens with zero attached hydrogens (tertiary/aromatic N) is 1. The summed E-state index contributed by atoms with van der Waals surface area (Å²) in [4.78, 5) is 26.2. The molecule has 7 heteroatoms. The highest BCUT2D eigenvalue weighted by molar-refractivity contribution is 7.17. The van der Waals surface area contributed by atoms with Crippen molar-refractivity contribution in [2.24, 2.45) is 0 Å². The number of halogens is 1. The number of thiazole rings is 1. The highest BCUT2D eigenvalue weighted by Gasteiger charge is 2.15. The van der Waals surface area contributed by atoms with Crippen molar-refractivity contribution < 1.29 is 19.1 Å². The molecule has 0 aliphatic carbocycles. The van der Waals surface area contributed by atoms with Gasteiger partial charge in [-0.25, -0.2) is 14.2 Å². The van der Waals surface area contributed by atoms with Gasteiger partial charge in [-0.3, -0.25) is 4.79 Å². The molecular weight excluding hydrogens is 295 g/mol. The summed E-state index contributed by atoms with van der Waals surface area (Å²) in [5.74, 6) is -1.79. The monoisotopic (exact) mass is 306 g/mol. The van der Waals surface area contributed by atoms with Gasteiger partial charge in [0.2, 0.25) is 5.91 Å². The number of hydrogen-bond acceptors (Lipinski definition) is 4. The van der Waals surface area contributed by atoms with Gasteiger partial charge in [-0.2, -0.15) is 0 Å². The Morgan fingerprint density at radius 1 is 1.29 bits per heavy atom. The predicted molar refractivity (Wildman–Crippen MR) is 78.7 cm³/mol. The van der Waals surface area contributed by atoms with Crippen LogP contribution in [0.3, 0.4) is 0 Å². The number of amides is 1. The van der Waals surface area contributed by atoms with Gasteiger partial charge in [0, 0.05) is 6.92 Å². The van der Waals surface area contributed by atoms with Gasteiger partial charge >= 0.3 is 5.97 Å². The van der Waals surface area contributed by atoms with Crippen molar-refractivity contribution in [3.8, 4) is 0 Å². The smallest absolute Gasteiger partial charge is 0.348 e. The van der Waals surface area contributed by atoms with Gasteiger partial charge in [0.25, 0.3) is 0 Å². The first kappa shape index (κ1) is 14.9. The van der Waals surface area contributed by atoms with Crippen LogP contribution >= 0.6 is 11.3 Å². The normalized spacial score (nSPS) is 10.8. The average molecular weight is 306 g/mol. The maximum atomic E-state index is 12.8. The fourth-order valence-electron chi connectivity index (χ4n) is 1.55. The highest BCUT2D eigenvalue weighted by atomic mass is 32.1. The number of aromatic carboxylic acids is 1. The zero-order valence-corrected chi connectivity index (χ0v) is 11.8. The molecule has 1 aromatic heterocycles. The molecule has 0 spiro atoms. The minimum atomic E-state index is -1.12. The quantitative estimate of drug-likeness (QED) is 0.909. The molecule has 1 aromatic carbocycles. The molecule has 1 heterocycles. The summed E-state index contributed by atoms with van der Waals surface area (Å²) in [7, 11) is 0. The van der Waals surface area contributed by atoms with Crippen LogP contribution in [0.1, 0.15) is 27.9 Å². The Bertz CT molecular complexity index is 708. The van der Waals surface area contributed by atoms with Gasteiger partial charge in [0.15, 0.2) is 5.13 Å². The second-order valence-corrected chi connectivity index (χ2v) is 5.10. The van der Waals surface area contributed by atoms with E-state index in [1.807, 2.05) is 0 Å². The van der Waals surface area contributed by atoms with Crippen LogP contribution in [0.4, 0.5) is 9.52 Å². The second kappa shape index (κ2) is 6.27. The third-order valence-electron chi connectivity index (χ3n) is 2.43. The van der Waals surface area contributed by atoms with E-state index in [0.717, 1.165) is 11.3 Å². The maximum absolute atomic E-state index is 12.8. The van der Waals surface area contributed by atoms with E-state index < -0.39 is 5.97 Å². The van der Waals surface area contributed by atoms with Gasteiger partial charge < -0.3 is 10.4 Å². The summed E-state index contributed by atoms with van der Waals surface area (Å²) in [5, 5.41) is 11.8. The van der Waals surface area contributed by atoms with Crippen molar-refractivity contribution >= 4 is 40.5 Å². The van der Waals surface area contributed by atoms with E-state index >= 15 is 0 Å². The first-order chi connectivity index (χ1) is 9.95. The molecule has 0 radical (unpaired) electrons. The van der Waals surface area contributed by atoms with E-state index in [1.165, 1.54) is 25.1 Å². The Kier molecular flexibility index (Phi) is 4.44. The number of anilines is 1. The van der Waals surface area contributed by atoms with E-state index in [9.17, 15) is 14.0 Å². The summed E-state index contributed by atoms with van der Waals surface area (Å²) in [6, 6.07) is 5.74. The molecule has 1 amide bonds. The number of carboxylic acid groups (broad SMARTS) is 1. The number of hydrogen-bond donors (Lipinski definition) is 2. The van der Waals surface area contributed by atoms with Gasteiger partial charge in [-0.05, 0) is 23.8 Å². The van der Waals surface area contributed by atoms with Crippen LogP contribution in [0.15, 0.2) is 24.3 Å². The van der Waals surface area contributed by atoms with Crippen LogP contribution < -0.4 is 5.32 Å². The Balaban J connectivity index is 2.29. The van der Waals surface area contributed by atoms with Crippen molar-refractivity contribution in [3.05, 3.63) is 46.2 Å². The largest absolute Gasteiger partial charge is 0.477 e. The first-order valence-electron chi connectivity index (χ1n) is 5.91. The van der Waals surface area contributed by atoms with E-state index in [2.05, 4.69) is 10.3 Å². The number of carbonyl (C=O) groups excluding carboxylic acids is 1. The SMILES string of the molecule is CC(=O)Nc1nc(/C=C/c2ccc(F)cc2)c(C(=O)O)s1. The Morgan fingerprint density at radius 2 is 1.95 bits per heavy atom. The van der Waals surface area contributed by atoms with E-state index in [-0.39, 0.29) is 27.4 Å². The summed E-state index contributed by atoms with van der Waals surface area (Å²) < 4.78 is 12.8. The van der Waals surface area contributed by atoms with Crippen LogP contribution in [0.25, 0.3) is 12.2 Å². The van der Waals surface area contributed by atoms with E-state index in [4.69, 9.17) is 5.11 Å². The minimum Gasteiger partial charge on any atom is -0.477 e. The van der Waals surface area contributed by atoms with Gasteiger partial charge in [-0.15, -0.1) is 0 Å². The molecule has 0 atom stereocenters. The zero-order chi connectivity index (χ0) is 15.4. The lowest BCUT2D eigenvalue weighted by atomic mass is 10.2. The third-order valence-corrected chi connectivity index (χ3v) is 3.41. The van der Waals surface area contributed by atoms with E-state index in [0.29, 0.717) is 5.56 Å². The minimum absolute atomic E-state index is 0.0251. The number of rotatable bonds is 4. The van der Waals surface area contributed by atoms with Gasteiger partial charge in [0.05, 0.1) is 5.69 Å². The fraction of sp³-hybridized carbons (Fsp3) is 0.0714. The molecule has 2 N–H and O–H groups in total. The number of carbonyl (C=O) groups is 2. The van der Waals surface area contributed by atoms with Gasteiger partial charge in [-0.1, -0.05) is 29.5 Å². The van der Waals surface area contributed by atoms with Crippen LogP contribution in [-0.2, 0) is 4.79 Å². The van der Waals surface area contributed by atoms with Crippen molar-refractivity contribution in [1.29, 1.82) is 0 Å². The van der Waals surface area contributed by atoms with Crippen molar-refractivity contribution in [3.63, 3.8) is 0 Å². The lowest BCUT2D eigenvalue weighted by Gasteiger charge is -1.93. The Labute approximate surface area is 123 Å². The Morgan fingerprint density at radius 3 is 2.52 bits per heavy atom. The van der Waals surface area contributed by atoms with Crippen molar-refractivity contribution in [2.45, 2.75) is 6.92 Å². The number of carboxylic acids is 1. The first-order valence-corrected chi connectivity index (χ1v) is 6.72. The standard InChI is InChI=1S/C14H11FN2O3S/c1-8(18)16-14-17-11(12(21-14)13(19)20)7-4-9-2-5-10(15)6-3-9/h2-7H,1H3,(H,19,20)(H,16,17,18)/b7-4+. The molecule has 0 saturated heterocycles. The zero-order valence-electron chi connectivity index (χ0n) is 11.0. The number of benzene rings is 1.